The van der Waals surface area contributed by atoms with Crippen molar-refractivity contribution in [3.63, 3.8) is 0 Å². The van der Waals surface area contributed by atoms with Crippen molar-refractivity contribution in [2.24, 2.45) is 0 Å². The molecule has 0 aliphatic heterocycles. The van der Waals surface area contributed by atoms with Crippen molar-refractivity contribution in [1.29, 1.82) is 0 Å². The Hall–Kier alpha value is -2.95. The Morgan fingerprint density at radius 1 is 1.12 bits per heavy atom. The molecule has 0 saturated carbocycles. The first-order chi connectivity index (χ1) is 11.6. The van der Waals surface area contributed by atoms with E-state index in [2.05, 4.69) is 29.0 Å². The lowest BCUT2D eigenvalue weighted by molar-refractivity contribution is 0.0528. The molecule has 122 valence electrons. The zero-order valence-corrected chi connectivity index (χ0v) is 13.7. The van der Waals surface area contributed by atoms with Crippen LogP contribution in [0.5, 0.6) is 0 Å². The predicted octanol–water partition coefficient (Wildman–Crippen LogP) is 3.62. The summed E-state index contributed by atoms with van der Waals surface area (Å²) in [5.41, 5.74) is 9.91. The van der Waals surface area contributed by atoms with Crippen molar-refractivity contribution in [3.8, 4) is 11.3 Å². The van der Waals surface area contributed by atoms with Gasteiger partial charge in [-0.25, -0.2) is 14.8 Å². The number of aryl methyl sites for hydroxylation is 1. The second-order valence-electron chi connectivity index (χ2n) is 5.42. The van der Waals surface area contributed by atoms with Gasteiger partial charge < -0.3 is 10.5 Å². The Balaban J connectivity index is 2.10. The fraction of sp³-hybridized carbons (Fsp3) is 0.211. The number of hydrogen-bond acceptors (Lipinski definition) is 5. The average molecular weight is 321 g/mol. The highest BCUT2D eigenvalue weighted by atomic mass is 16.5. The molecule has 5 nitrogen and oxygen atoms in total. The van der Waals surface area contributed by atoms with E-state index in [0.29, 0.717) is 28.9 Å². The van der Waals surface area contributed by atoms with Crippen molar-refractivity contribution in [3.05, 3.63) is 53.7 Å². The van der Waals surface area contributed by atoms with E-state index in [9.17, 15) is 4.79 Å². The molecule has 0 bridgehead atoms. The van der Waals surface area contributed by atoms with Gasteiger partial charge in [-0.2, -0.15) is 0 Å². The highest BCUT2D eigenvalue weighted by Crippen LogP contribution is 2.26. The van der Waals surface area contributed by atoms with Gasteiger partial charge in [-0.1, -0.05) is 31.2 Å². The van der Waals surface area contributed by atoms with E-state index in [1.54, 1.807) is 6.92 Å². The summed E-state index contributed by atoms with van der Waals surface area (Å²) in [6.07, 6.45) is 2.43. The number of nitrogens with two attached hydrogens (primary N) is 1. The normalized spacial score (nSPS) is 10.8. The van der Waals surface area contributed by atoms with Gasteiger partial charge in [0.15, 0.2) is 0 Å². The van der Waals surface area contributed by atoms with Crippen LogP contribution in [-0.4, -0.2) is 22.5 Å². The van der Waals surface area contributed by atoms with Crippen LogP contribution in [0.15, 0.2) is 42.6 Å². The highest BCUT2D eigenvalue weighted by Gasteiger charge is 2.15. The number of benzene rings is 1. The van der Waals surface area contributed by atoms with Crippen molar-refractivity contribution >= 4 is 22.7 Å². The van der Waals surface area contributed by atoms with Gasteiger partial charge in [-0.15, -0.1) is 0 Å². The maximum absolute atomic E-state index is 12.1. The first-order valence-electron chi connectivity index (χ1n) is 7.95. The third-order valence-electron chi connectivity index (χ3n) is 3.91. The van der Waals surface area contributed by atoms with Crippen LogP contribution in [0, 0.1) is 0 Å². The van der Waals surface area contributed by atoms with Crippen LogP contribution in [0.2, 0.25) is 0 Å². The number of ether oxygens (including phenoxy) is 1. The lowest BCUT2D eigenvalue weighted by atomic mass is 10.1. The summed E-state index contributed by atoms with van der Waals surface area (Å²) in [7, 11) is 0. The Labute approximate surface area is 140 Å². The number of carbonyl (C=O) groups excluding carboxylic acids is 1. The van der Waals surface area contributed by atoms with Crippen LogP contribution in [0.25, 0.3) is 22.2 Å². The molecule has 3 aromatic rings. The topological polar surface area (TPSA) is 78.1 Å². The molecule has 1 aromatic carbocycles. The number of nitrogens with zero attached hydrogens (tertiary/aromatic N) is 2. The standard InChI is InChI=1S/C19H19N3O2/c1-3-12-5-7-13(8-6-12)16-10-9-14-15(19(23)24-4-2)11-21-18(20)17(14)22-16/h5-11H,3-4H2,1-2H3,(H2,20,21). The van der Waals surface area contributed by atoms with Gasteiger partial charge in [0, 0.05) is 17.1 Å². The maximum Gasteiger partial charge on any atom is 0.340 e. The summed E-state index contributed by atoms with van der Waals surface area (Å²) < 4.78 is 5.07. The fourth-order valence-electron chi connectivity index (χ4n) is 2.58. The van der Waals surface area contributed by atoms with Gasteiger partial charge in [0.1, 0.15) is 11.3 Å². The van der Waals surface area contributed by atoms with E-state index < -0.39 is 5.97 Å². The Bertz CT molecular complexity index is 889. The van der Waals surface area contributed by atoms with Gasteiger partial charge in [0.2, 0.25) is 0 Å². The molecular weight excluding hydrogens is 302 g/mol. The molecule has 24 heavy (non-hydrogen) atoms. The number of fused-ring (bicyclic) bond motifs is 1. The molecule has 2 heterocycles. The molecule has 0 aliphatic carbocycles. The smallest absolute Gasteiger partial charge is 0.340 e. The Kier molecular flexibility index (Phi) is 4.42. The van der Waals surface area contributed by atoms with E-state index in [-0.39, 0.29) is 0 Å². The van der Waals surface area contributed by atoms with Crippen LogP contribution in [0.3, 0.4) is 0 Å². The Morgan fingerprint density at radius 3 is 2.54 bits per heavy atom. The third kappa shape index (κ3) is 2.93. The number of rotatable bonds is 4. The number of carbonyl (C=O) groups is 1. The van der Waals surface area contributed by atoms with Crippen LogP contribution in [0.4, 0.5) is 5.82 Å². The first kappa shape index (κ1) is 15.9. The Morgan fingerprint density at radius 2 is 1.88 bits per heavy atom. The van der Waals surface area contributed by atoms with Gasteiger partial charge in [0.25, 0.3) is 0 Å². The van der Waals surface area contributed by atoms with E-state index in [1.165, 1.54) is 11.8 Å². The van der Waals surface area contributed by atoms with Crippen LogP contribution < -0.4 is 5.73 Å². The number of hydrogen-bond donors (Lipinski definition) is 1. The van der Waals surface area contributed by atoms with Crippen molar-refractivity contribution in [2.45, 2.75) is 20.3 Å². The fourth-order valence-corrected chi connectivity index (χ4v) is 2.58. The lowest BCUT2D eigenvalue weighted by Crippen LogP contribution is -2.08. The van der Waals surface area contributed by atoms with E-state index in [4.69, 9.17) is 10.5 Å². The number of anilines is 1. The maximum atomic E-state index is 12.1. The van der Waals surface area contributed by atoms with Crippen molar-refractivity contribution < 1.29 is 9.53 Å². The minimum atomic E-state index is -0.420. The molecule has 0 fully saturated rings. The number of pyridine rings is 2. The molecule has 0 unspecified atom stereocenters. The van der Waals surface area contributed by atoms with Gasteiger partial charge in [-0.3, -0.25) is 0 Å². The van der Waals surface area contributed by atoms with Gasteiger partial charge in [-0.05, 0) is 31.0 Å². The van der Waals surface area contributed by atoms with Crippen molar-refractivity contribution in [2.75, 3.05) is 12.3 Å². The number of nitrogen functional groups attached to an aromatic ring is 1. The SMILES string of the molecule is CCOC(=O)c1cnc(N)c2nc(-c3ccc(CC)cc3)ccc12. The molecule has 0 atom stereocenters. The zero-order chi connectivity index (χ0) is 17.1. The molecule has 0 spiro atoms. The molecule has 2 N–H and O–H groups in total. The molecule has 0 radical (unpaired) electrons. The predicted molar refractivity (Wildman–Crippen MR) is 94.7 cm³/mol. The summed E-state index contributed by atoms with van der Waals surface area (Å²) in [4.78, 5) is 20.8. The second-order valence-corrected chi connectivity index (χ2v) is 5.42. The molecule has 0 amide bonds. The minimum Gasteiger partial charge on any atom is -0.462 e. The molecule has 0 saturated heterocycles. The van der Waals surface area contributed by atoms with E-state index in [1.807, 2.05) is 24.3 Å². The zero-order valence-electron chi connectivity index (χ0n) is 13.7. The minimum absolute atomic E-state index is 0.296. The van der Waals surface area contributed by atoms with E-state index >= 15 is 0 Å². The summed E-state index contributed by atoms with van der Waals surface area (Å²) in [5.74, 6) is -0.123. The van der Waals surface area contributed by atoms with Gasteiger partial charge in [0.05, 0.1) is 17.9 Å². The number of aromatic nitrogens is 2. The quantitative estimate of drug-likeness (QED) is 0.743. The molecule has 2 aromatic heterocycles. The van der Waals surface area contributed by atoms with Crippen molar-refractivity contribution in [1.82, 2.24) is 9.97 Å². The highest BCUT2D eigenvalue weighted by molar-refractivity contribution is 6.05. The van der Waals surface area contributed by atoms with E-state index in [0.717, 1.165) is 17.7 Å². The summed E-state index contributed by atoms with van der Waals surface area (Å²) in [6, 6.07) is 12.0. The summed E-state index contributed by atoms with van der Waals surface area (Å²) >= 11 is 0. The van der Waals surface area contributed by atoms with Gasteiger partial charge >= 0.3 is 5.97 Å². The van der Waals surface area contributed by atoms with Crippen LogP contribution >= 0.6 is 0 Å². The number of esters is 1. The van der Waals surface area contributed by atoms with Crippen LogP contribution in [-0.2, 0) is 11.2 Å². The molecule has 0 aliphatic rings. The lowest BCUT2D eigenvalue weighted by Gasteiger charge is -2.09. The molecule has 5 heteroatoms. The first-order valence-corrected chi connectivity index (χ1v) is 7.95. The second kappa shape index (κ2) is 6.66. The summed E-state index contributed by atoms with van der Waals surface area (Å²) in [6.45, 7) is 4.19. The largest absolute Gasteiger partial charge is 0.462 e. The average Bonchev–Trinajstić information content (AvgIpc) is 2.62. The monoisotopic (exact) mass is 321 g/mol. The molecular formula is C19H19N3O2. The van der Waals surface area contributed by atoms with Crippen LogP contribution in [0.1, 0.15) is 29.8 Å². The molecule has 3 rings (SSSR count). The summed E-state index contributed by atoms with van der Waals surface area (Å²) in [5, 5.41) is 0.648. The third-order valence-corrected chi connectivity index (χ3v) is 3.91.